The molecule has 1 aromatic carbocycles. The summed E-state index contributed by atoms with van der Waals surface area (Å²) >= 11 is 1.63. The number of aromatic hydroxyl groups is 1. The first-order valence-electron chi connectivity index (χ1n) is 7.74. The van der Waals surface area contributed by atoms with Crippen molar-refractivity contribution in [3.05, 3.63) is 35.2 Å². The van der Waals surface area contributed by atoms with Crippen LogP contribution in [0.3, 0.4) is 0 Å². The van der Waals surface area contributed by atoms with Gasteiger partial charge in [-0.25, -0.2) is 9.97 Å². The van der Waals surface area contributed by atoms with Gasteiger partial charge in [0.2, 0.25) is 0 Å². The highest BCUT2D eigenvalue weighted by Crippen LogP contribution is 2.35. The molecule has 6 heteroatoms. The molecule has 2 N–H and O–H groups in total. The molecule has 2 aromatic heterocycles. The number of phenols is 1. The van der Waals surface area contributed by atoms with Gasteiger partial charge < -0.3 is 15.3 Å². The normalized spacial score (nSPS) is 15.3. The van der Waals surface area contributed by atoms with Crippen LogP contribution in [-0.4, -0.2) is 41.3 Å². The highest BCUT2D eigenvalue weighted by molar-refractivity contribution is 7.17. The van der Waals surface area contributed by atoms with Gasteiger partial charge in [0, 0.05) is 26.2 Å². The molecule has 3 heterocycles. The Labute approximate surface area is 138 Å². The number of nitrogens with zero attached hydrogens (tertiary/aromatic N) is 3. The van der Waals surface area contributed by atoms with Gasteiger partial charge in [-0.15, -0.1) is 11.3 Å². The summed E-state index contributed by atoms with van der Waals surface area (Å²) in [7, 11) is 0. The van der Waals surface area contributed by atoms with Gasteiger partial charge in [-0.3, -0.25) is 0 Å². The molecule has 3 aromatic rings. The lowest BCUT2D eigenvalue weighted by molar-refractivity contribution is 0.477. The van der Waals surface area contributed by atoms with Crippen LogP contribution in [-0.2, 0) is 0 Å². The van der Waals surface area contributed by atoms with Crippen molar-refractivity contribution in [3.8, 4) is 17.1 Å². The molecule has 0 radical (unpaired) electrons. The largest absolute Gasteiger partial charge is 0.507 e. The number of phenolic OH excluding ortho intramolecular Hbond substituents is 1. The van der Waals surface area contributed by atoms with Crippen LogP contribution in [0.15, 0.2) is 29.6 Å². The molecule has 0 unspecified atom stereocenters. The van der Waals surface area contributed by atoms with Crippen molar-refractivity contribution in [2.75, 3.05) is 31.1 Å². The maximum absolute atomic E-state index is 10.1. The predicted octanol–water partition coefficient (Wildman–Crippen LogP) is 2.78. The lowest BCUT2D eigenvalue weighted by Gasteiger charge is -2.29. The zero-order chi connectivity index (χ0) is 15.8. The Morgan fingerprint density at radius 2 is 1.96 bits per heavy atom. The fourth-order valence-corrected chi connectivity index (χ4v) is 3.87. The molecule has 0 amide bonds. The van der Waals surface area contributed by atoms with Crippen molar-refractivity contribution < 1.29 is 5.11 Å². The average molecular weight is 326 g/mol. The Balaban J connectivity index is 1.92. The second-order valence-electron chi connectivity index (χ2n) is 5.72. The number of hydrogen-bond acceptors (Lipinski definition) is 6. The number of hydrogen-bond donors (Lipinski definition) is 2. The molecule has 0 saturated carbocycles. The number of nitrogens with one attached hydrogen (secondary N) is 1. The standard InChI is InChI=1S/C17H18N4OS/c1-11-10-23-17-14(11)16(21-8-6-18-7-9-21)19-15(20-17)12-4-2-3-5-13(12)22/h2-5,10,18,22H,6-9H2,1H3. The van der Waals surface area contributed by atoms with Crippen molar-refractivity contribution in [1.82, 2.24) is 15.3 Å². The third-order valence-electron chi connectivity index (χ3n) is 4.16. The van der Waals surface area contributed by atoms with E-state index in [-0.39, 0.29) is 5.75 Å². The van der Waals surface area contributed by atoms with Crippen LogP contribution in [0.1, 0.15) is 5.56 Å². The molecule has 0 atom stereocenters. The quantitative estimate of drug-likeness (QED) is 0.758. The topological polar surface area (TPSA) is 61.3 Å². The summed E-state index contributed by atoms with van der Waals surface area (Å²) in [6.07, 6.45) is 0. The van der Waals surface area contributed by atoms with E-state index in [0.29, 0.717) is 11.4 Å². The summed E-state index contributed by atoms with van der Waals surface area (Å²) < 4.78 is 0. The first-order chi connectivity index (χ1) is 11.2. The molecule has 5 nitrogen and oxygen atoms in total. The van der Waals surface area contributed by atoms with Gasteiger partial charge in [0.15, 0.2) is 5.82 Å². The molecular weight excluding hydrogens is 308 g/mol. The van der Waals surface area contributed by atoms with E-state index in [9.17, 15) is 5.11 Å². The van der Waals surface area contributed by atoms with E-state index in [1.165, 1.54) is 5.56 Å². The summed E-state index contributed by atoms with van der Waals surface area (Å²) in [5, 5.41) is 16.8. The van der Waals surface area contributed by atoms with Gasteiger partial charge in [0.1, 0.15) is 16.4 Å². The molecule has 1 saturated heterocycles. The van der Waals surface area contributed by atoms with Gasteiger partial charge in [0.05, 0.1) is 10.9 Å². The van der Waals surface area contributed by atoms with E-state index in [0.717, 1.165) is 42.2 Å². The van der Waals surface area contributed by atoms with Crippen molar-refractivity contribution in [2.45, 2.75) is 6.92 Å². The zero-order valence-corrected chi connectivity index (χ0v) is 13.7. The first-order valence-corrected chi connectivity index (χ1v) is 8.62. The number of anilines is 1. The fourth-order valence-electron chi connectivity index (χ4n) is 2.95. The maximum atomic E-state index is 10.1. The van der Waals surface area contributed by atoms with Crippen molar-refractivity contribution in [1.29, 1.82) is 0 Å². The van der Waals surface area contributed by atoms with Gasteiger partial charge in [-0.05, 0) is 30.0 Å². The Hall–Kier alpha value is -2.18. The molecule has 1 aliphatic heterocycles. The van der Waals surface area contributed by atoms with Gasteiger partial charge in [-0.1, -0.05) is 12.1 Å². The molecule has 118 valence electrons. The summed E-state index contributed by atoms with van der Waals surface area (Å²) in [5.74, 6) is 1.78. The van der Waals surface area contributed by atoms with Crippen LogP contribution in [0.5, 0.6) is 5.75 Å². The third kappa shape index (κ3) is 2.54. The monoisotopic (exact) mass is 326 g/mol. The molecule has 0 bridgehead atoms. The number of thiophene rings is 1. The second kappa shape index (κ2) is 5.79. The summed E-state index contributed by atoms with van der Waals surface area (Å²) in [6.45, 7) is 5.89. The summed E-state index contributed by atoms with van der Waals surface area (Å²) in [5.41, 5.74) is 1.89. The Bertz CT molecular complexity index is 855. The van der Waals surface area contributed by atoms with E-state index in [1.54, 1.807) is 17.4 Å². The second-order valence-corrected chi connectivity index (χ2v) is 6.58. The van der Waals surface area contributed by atoms with E-state index in [2.05, 4.69) is 27.5 Å². The van der Waals surface area contributed by atoms with Gasteiger partial charge in [0.25, 0.3) is 0 Å². The van der Waals surface area contributed by atoms with E-state index >= 15 is 0 Å². The van der Waals surface area contributed by atoms with Crippen LogP contribution in [0.4, 0.5) is 5.82 Å². The van der Waals surface area contributed by atoms with Crippen LogP contribution in [0.25, 0.3) is 21.6 Å². The van der Waals surface area contributed by atoms with Crippen LogP contribution in [0.2, 0.25) is 0 Å². The average Bonchev–Trinajstić information content (AvgIpc) is 2.96. The van der Waals surface area contributed by atoms with E-state index in [1.807, 2.05) is 18.2 Å². The minimum atomic E-state index is 0.214. The number of aryl methyl sites for hydroxylation is 1. The van der Waals surface area contributed by atoms with E-state index < -0.39 is 0 Å². The smallest absolute Gasteiger partial charge is 0.166 e. The highest BCUT2D eigenvalue weighted by Gasteiger charge is 2.20. The Kier molecular flexibility index (Phi) is 3.63. The molecule has 23 heavy (non-hydrogen) atoms. The maximum Gasteiger partial charge on any atom is 0.166 e. The molecule has 0 aliphatic carbocycles. The molecular formula is C17H18N4OS. The Morgan fingerprint density at radius 1 is 1.17 bits per heavy atom. The van der Waals surface area contributed by atoms with E-state index in [4.69, 9.17) is 4.98 Å². The molecule has 1 fully saturated rings. The van der Waals surface area contributed by atoms with Crippen molar-refractivity contribution in [2.24, 2.45) is 0 Å². The van der Waals surface area contributed by atoms with Gasteiger partial charge in [-0.2, -0.15) is 0 Å². The molecule has 4 rings (SSSR count). The molecule has 1 aliphatic rings. The minimum absolute atomic E-state index is 0.214. The van der Waals surface area contributed by atoms with Gasteiger partial charge >= 0.3 is 0 Å². The Morgan fingerprint density at radius 3 is 2.74 bits per heavy atom. The minimum Gasteiger partial charge on any atom is -0.507 e. The van der Waals surface area contributed by atoms with Crippen molar-refractivity contribution in [3.63, 3.8) is 0 Å². The lowest BCUT2D eigenvalue weighted by Crippen LogP contribution is -2.44. The highest BCUT2D eigenvalue weighted by atomic mass is 32.1. The SMILES string of the molecule is Cc1csc2nc(-c3ccccc3O)nc(N3CCNCC3)c12. The molecule has 0 spiro atoms. The summed E-state index contributed by atoms with van der Waals surface area (Å²) in [4.78, 5) is 12.8. The van der Waals surface area contributed by atoms with Crippen LogP contribution >= 0.6 is 11.3 Å². The van der Waals surface area contributed by atoms with Crippen LogP contribution < -0.4 is 10.2 Å². The first kappa shape index (κ1) is 14.4. The summed E-state index contributed by atoms with van der Waals surface area (Å²) in [6, 6.07) is 7.24. The predicted molar refractivity (Wildman–Crippen MR) is 94.3 cm³/mol. The number of benzene rings is 1. The number of fused-ring (bicyclic) bond motifs is 1. The fraction of sp³-hybridized carbons (Fsp3) is 0.294. The number of piperazine rings is 1. The third-order valence-corrected chi connectivity index (χ3v) is 5.15. The van der Waals surface area contributed by atoms with Crippen molar-refractivity contribution >= 4 is 27.4 Å². The van der Waals surface area contributed by atoms with Crippen LogP contribution in [0, 0.1) is 6.92 Å². The number of rotatable bonds is 2. The lowest BCUT2D eigenvalue weighted by atomic mass is 10.1. The number of aromatic nitrogens is 2. The number of para-hydroxylation sites is 1. The zero-order valence-electron chi connectivity index (χ0n) is 12.9.